The fraction of sp³-hybridized carbons (Fsp3) is 0.475. The molecular weight excluding hydrogens is 636 g/mol. The van der Waals surface area contributed by atoms with E-state index in [-0.39, 0.29) is 31.4 Å². The van der Waals surface area contributed by atoms with Crippen LogP contribution in [0.4, 0.5) is 0 Å². The standard InChI is InChI=1S/C40H54N2O8/c1-30(43)38(42-36(44)18-14-9-7-5-6-8-10-15-19-37(45)49-4)39(46)41-28-29-50-40(31-16-12-11-13-17-31,32-20-24-34(47-2)25-21-32)33-22-26-35(48-3)27-23-33/h11-13,16-17,20-27,30,38,43H,5-10,14-15,18-19,28-29H2,1-4H3,(H,41,46)(H,42,44)/t30-,38+/m1/s1. The molecule has 0 heterocycles. The van der Waals surface area contributed by atoms with Gasteiger partial charge in [-0.05, 0) is 60.7 Å². The molecule has 3 N–H and O–H groups in total. The van der Waals surface area contributed by atoms with E-state index in [4.69, 9.17) is 14.2 Å². The number of methoxy groups -OCH3 is 3. The first kappa shape index (κ1) is 40.0. The highest BCUT2D eigenvalue weighted by atomic mass is 16.5. The highest BCUT2D eigenvalue weighted by Gasteiger charge is 2.38. The fourth-order valence-electron chi connectivity index (χ4n) is 5.93. The van der Waals surface area contributed by atoms with Crippen molar-refractivity contribution in [1.29, 1.82) is 0 Å². The molecular formula is C40H54N2O8. The Hall–Kier alpha value is -4.41. The molecule has 50 heavy (non-hydrogen) atoms. The molecule has 272 valence electrons. The molecule has 3 aromatic rings. The lowest BCUT2D eigenvalue weighted by Gasteiger charge is -2.36. The van der Waals surface area contributed by atoms with Gasteiger partial charge in [0, 0.05) is 19.4 Å². The van der Waals surface area contributed by atoms with Crippen LogP contribution in [0.2, 0.25) is 0 Å². The van der Waals surface area contributed by atoms with E-state index < -0.39 is 23.7 Å². The molecule has 0 aliphatic heterocycles. The monoisotopic (exact) mass is 690 g/mol. The number of rotatable bonds is 23. The van der Waals surface area contributed by atoms with E-state index in [1.165, 1.54) is 14.0 Å². The minimum atomic E-state index is -1.09. The molecule has 10 nitrogen and oxygen atoms in total. The fourth-order valence-corrected chi connectivity index (χ4v) is 5.93. The third-order valence-electron chi connectivity index (χ3n) is 8.74. The first-order valence-corrected chi connectivity index (χ1v) is 17.6. The van der Waals surface area contributed by atoms with E-state index in [0.29, 0.717) is 24.3 Å². The average Bonchev–Trinajstić information content (AvgIpc) is 3.15. The van der Waals surface area contributed by atoms with Crippen molar-refractivity contribution in [3.8, 4) is 11.5 Å². The molecule has 0 aliphatic rings. The Morgan fingerprint density at radius 1 is 0.680 bits per heavy atom. The molecule has 0 saturated carbocycles. The summed E-state index contributed by atoms with van der Waals surface area (Å²) < 4.78 is 22.3. The van der Waals surface area contributed by atoms with Gasteiger partial charge in [-0.25, -0.2) is 0 Å². The van der Waals surface area contributed by atoms with E-state index in [1.807, 2.05) is 78.9 Å². The largest absolute Gasteiger partial charge is 0.497 e. The number of unbranched alkanes of at least 4 members (excludes halogenated alkanes) is 7. The van der Waals surface area contributed by atoms with Gasteiger partial charge >= 0.3 is 5.97 Å². The van der Waals surface area contributed by atoms with Crippen LogP contribution >= 0.6 is 0 Å². The Labute approximate surface area is 296 Å². The van der Waals surface area contributed by atoms with E-state index in [1.54, 1.807) is 14.2 Å². The predicted octanol–water partition coefficient (Wildman–Crippen LogP) is 6.07. The summed E-state index contributed by atoms with van der Waals surface area (Å²) in [6.45, 7) is 1.76. The SMILES string of the molecule is COC(=O)CCCCCCCCCCC(=O)N[C@H](C(=O)NCCOC(c1ccccc1)(c1ccc(OC)cc1)c1ccc(OC)cc1)[C@@H](C)O. The zero-order valence-corrected chi connectivity index (χ0v) is 30.0. The molecule has 3 aromatic carbocycles. The second-order valence-electron chi connectivity index (χ2n) is 12.3. The number of aliphatic hydroxyl groups excluding tert-OH is 1. The van der Waals surface area contributed by atoms with Crippen molar-refractivity contribution in [3.05, 3.63) is 95.6 Å². The molecule has 0 aromatic heterocycles. The van der Waals surface area contributed by atoms with E-state index in [0.717, 1.165) is 61.6 Å². The summed E-state index contributed by atoms with van der Waals surface area (Å²) in [5, 5.41) is 15.9. The summed E-state index contributed by atoms with van der Waals surface area (Å²) in [6.07, 6.45) is 7.38. The van der Waals surface area contributed by atoms with Gasteiger partial charge in [-0.15, -0.1) is 0 Å². The van der Waals surface area contributed by atoms with Crippen LogP contribution in [0.5, 0.6) is 11.5 Å². The number of carbonyl (C=O) groups excluding carboxylic acids is 3. The lowest BCUT2D eigenvalue weighted by Crippen LogP contribution is -2.53. The van der Waals surface area contributed by atoms with Crippen LogP contribution in [-0.4, -0.2) is 69.5 Å². The van der Waals surface area contributed by atoms with Gasteiger partial charge in [-0.2, -0.15) is 0 Å². The van der Waals surface area contributed by atoms with Crippen molar-refractivity contribution in [3.63, 3.8) is 0 Å². The zero-order chi connectivity index (χ0) is 36.2. The molecule has 0 bridgehead atoms. The van der Waals surface area contributed by atoms with Gasteiger partial charge in [0.2, 0.25) is 11.8 Å². The molecule has 10 heteroatoms. The van der Waals surface area contributed by atoms with Crippen LogP contribution in [0.25, 0.3) is 0 Å². The summed E-state index contributed by atoms with van der Waals surface area (Å²) in [5.41, 5.74) is 1.59. The third-order valence-corrected chi connectivity index (χ3v) is 8.74. The lowest BCUT2D eigenvalue weighted by molar-refractivity contribution is -0.140. The number of hydrogen-bond acceptors (Lipinski definition) is 8. The second-order valence-corrected chi connectivity index (χ2v) is 12.3. The molecule has 0 aliphatic carbocycles. The van der Waals surface area contributed by atoms with Crippen LogP contribution in [-0.2, 0) is 29.5 Å². The Morgan fingerprint density at radius 2 is 1.16 bits per heavy atom. The Morgan fingerprint density at radius 3 is 1.64 bits per heavy atom. The van der Waals surface area contributed by atoms with Crippen LogP contribution in [0.15, 0.2) is 78.9 Å². The summed E-state index contributed by atoms with van der Waals surface area (Å²) in [7, 11) is 4.65. The number of benzene rings is 3. The quantitative estimate of drug-likeness (QED) is 0.0621. The van der Waals surface area contributed by atoms with Crippen molar-refractivity contribution in [2.45, 2.75) is 88.9 Å². The van der Waals surface area contributed by atoms with Gasteiger partial charge in [-0.1, -0.05) is 93.1 Å². The highest BCUT2D eigenvalue weighted by molar-refractivity contribution is 5.88. The second kappa shape index (κ2) is 21.6. The first-order valence-electron chi connectivity index (χ1n) is 17.6. The number of amides is 2. The molecule has 0 radical (unpaired) electrons. The van der Waals surface area contributed by atoms with Crippen LogP contribution in [0.1, 0.15) is 87.8 Å². The summed E-state index contributed by atoms with van der Waals surface area (Å²) >= 11 is 0. The maximum atomic E-state index is 13.2. The molecule has 2 atom stereocenters. The summed E-state index contributed by atoms with van der Waals surface area (Å²) in [4.78, 5) is 37.0. The molecule has 0 fully saturated rings. The number of esters is 1. The topological polar surface area (TPSA) is 132 Å². The van der Waals surface area contributed by atoms with Crippen molar-refractivity contribution in [1.82, 2.24) is 10.6 Å². The highest BCUT2D eigenvalue weighted by Crippen LogP contribution is 2.41. The lowest BCUT2D eigenvalue weighted by atomic mass is 9.80. The molecule has 0 spiro atoms. The minimum Gasteiger partial charge on any atom is -0.497 e. The van der Waals surface area contributed by atoms with Crippen molar-refractivity contribution in [2.24, 2.45) is 0 Å². The maximum absolute atomic E-state index is 13.2. The number of aliphatic hydroxyl groups is 1. The molecule has 0 saturated heterocycles. The average molecular weight is 691 g/mol. The van der Waals surface area contributed by atoms with Crippen molar-refractivity contribution >= 4 is 17.8 Å². The Balaban J connectivity index is 1.57. The smallest absolute Gasteiger partial charge is 0.305 e. The summed E-state index contributed by atoms with van der Waals surface area (Å²) in [6, 6.07) is 24.2. The number of nitrogens with one attached hydrogen (secondary N) is 2. The van der Waals surface area contributed by atoms with Gasteiger partial charge in [-0.3, -0.25) is 14.4 Å². The normalized spacial score (nSPS) is 12.4. The summed E-state index contributed by atoms with van der Waals surface area (Å²) in [5.74, 6) is 0.508. The van der Waals surface area contributed by atoms with Crippen LogP contribution in [0, 0.1) is 0 Å². The molecule has 0 unspecified atom stereocenters. The maximum Gasteiger partial charge on any atom is 0.305 e. The van der Waals surface area contributed by atoms with Crippen LogP contribution in [0.3, 0.4) is 0 Å². The van der Waals surface area contributed by atoms with Gasteiger partial charge in [0.05, 0.1) is 34.0 Å². The number of ether oxygens (including phenoxy) is 4. The third kappa shape index (κ3) is 12.2. The van der Waals surface area contributed by atoms with E-state index in [2.05, 4.69) is 15.4 Å². The molecule has 2 amide bonds. The van der Waals surface area contributed by atoms with Gasteiger partial charge in [0.15, 0.2) is 0 Å². The van der Waals surface area contributed by atoms with E-state index in [9.17, 15) is 19.5 Å². The zero-order valence-electron chi connectivity index (χ0n) is 30.0. The van der Waals surface area contributed by atoms with Gasteiger partial charge < -0.3 is 34.7 Å². The predicted molar refractivity (Wildman–Crippen MR) is 193 cm³/mol. The van der Waals surface area contributed by atoms with Crippen molar-refractivity contribution < 1.29 is 38.4 Å². The first-order chi connectivity index (χ1) is 24.2. The number of carbonyl (C=O) groups is 3. The van der Waals surface area contributed by atoms with E-state index >= 15 is 0 Å². The Kier molecular flexibility index (Phi) is 17.3. The van der Waals surface area contributed by atoms with Gasteiger partial charge in [0.1, 0.15) is 23.1 Å². The Bertz CT molecular complexity index is 1380. The molecule has 3 rings (SSSR count). The minimum absolute atomic E-state index is 0.129. The van der Waals surface area contributed by atoms with Gasteiger partial charge in [0.25, 0.3) is 0 Å². The van der Waals surface area contributed by atoms with Crippen LogP contribution < -0.4 is 20.1 Å². The number of hydrogen-bond donors (Lipinski definition) is 3. The van der Waals surface area contributed by atoms with Crippen molar-refractivity contribution in [2.75, 3.05) is 34.5 Å².